The molecule has 2 amide bonds. The van der Waals surface area contributed by atoms with Crippen LogP contribution in [-0.4, -0.2) is 16.8 Å². The van der Waals surface area contributed by atoms with Crippen LogP contribution in [-0.2, 0) is 0 Å². The van der Waals surface area contributed by atoms with Crippen LogP contribution in [0.4, 0.5) is 5.69 Å². The summed E-state index contributed by atoms with van der Waals surface area (Å²) in [5.74, 6) is -0.429. The second-order valence-electron chi connectivity index (χ2n) is 6.01. The third-order valence-corrected chi connectivity index (χ3v) is 4.24. The van der Waals surface area contributed by atoms with E-state index in [9.17, 15) is 9.59 Å². The quantitative estimate of drug-likeness (QED) is 0.642. The van der Waals surface area contributed by atoms with Crippen molar-refractivity contribution in [3.63, 3.8) is 0 Å². The minimum atomic E-state index is -0.248. The van der Waals surface area contributed by atoms with Crippen molar-refractivity contribution >= 4 is 29.1 Å². The lowest BCUT2D eigenvalue weighted by Gasteiger charge is -2.16. The van der Waals surface area contributed by atoms with Crippen molar-refractivity contribution in [2.24, 2.45) is 0 Å². The van der Waals surface area contributed by atoms with Gasteiger partial charge in [0.15, 0.2) is 0 Å². The number of nitrogens with one attached hydrogen (secondary N) is 2. The highest BCUT2D eigenvalue weighted by Gasteiger charge is 2.13. The molecule has 2 aromatic carbocycles. The first-order valence-corrected chi connectivity index (χ1v) is 8.79. The molecule has 0 aliphatic rings. The van der Waals surface area contributed by atoms with Crippen LogP contribution in [0.25, 0.3) is 0 Å². The Morgan fingerprint density at radius 2 is 1.70 bits per heavy atom. The van der Waals surface area contributed by atoms with Crippen LogP contribution < -0.4 is 10.6 Å². The van der Waals surface area contributed by atoms with E-state index in [1.807, 2.05) is 49.4 Å². The number of rotatable bonds is 5. The fourth-order valence-corrected chi connectivity index (χ4v) is 2.66. The monoisotopic (exact) mass is 379 g/mol. The van der Waals surface area contributed by atoms with E-state index in [1.165, 1.54) is 6.20 Å². The lowest BCUT2D eigenvalue weighted by atomic mass is 10.1. The smallest absolute Gasteiger partial charge is 0.255 e. The molecular weight excluding hydrogens is 362 g/mol. The van der Waals surface area contributed by atoms with E-state index in [4.69, 9.17) is 11.6 Å². The van der Waals surface area contributed by atoms with Crippen LogP contribution in [0.2, 0.25) is 5.15 Å². The molecule has 1 aromatic heterocycles. The van der Waals surface area contributed by atoms with Gasteiger partial charge in [0, 0.05) is 17.4 Å². The van der Waals surface area contributed by atoms with Crippen LogP contribution in [0, 0.1) is 0 Å². The molecule has 0 bridgehead atoms. The Labute approximate surface area is 162 Å². The van der Waals surface area contributed by atoms with Gasteiger partial charge in [-0.3, -0.25) is 9.59 Å². The summed E-state index contributed by atoms with van der Waals surface area (Å²) in [6.07, 6.45) is 1.43. The summed E-state index contributed by atoms with van der Waals surface area (Å²) < 4.78 is 0. The Morgan fingerprint density at radius 1 is 0.926 bits per heavy atom. The van der Waals surface area contributed by atoms with Crippen molar-refractivity contribution in [2.45, 2.75) is 13.0 Å². The van der Waals surface area contributed by atoms with Crippen molar-refractivity contribution in [1.29, 1.82) is 0 Å². The first kappa shape index (κ1) is 18.6. The largest absolute Gasteiger partial charge is 0.345 e. The molecule has 27 heavy (non-hydrogen) atoms. The van der Waals surface area contributed by atoms with E-state index in [0.29, 0.717) is 22.0 Å². The number of pyridine rings is 1. The third kappa shape index (κ3) is 4.92. The van der Waals surface area contributed by atoms with Crippen molar-refractivity contribution in [3.8, 4) is 0 Å². The van der Waals surface area contributed by atoms with Gasteiger partial charge in [0.05, 0.1) is 11.6 Å². The summed E-state index contributed by atoms with van der Waals surface area (Å²) in [5, 5.41) is 6.11. The lowest BCUT2D eigenvalue weighted by Crippen LogP contribution is -2.26. The number of hydrogen-bond acceptors (Lipinski definition) is 3. The number of aromatic nitrogens is 1. The van der Waals surface area contributed by atoms with E-state index in [0.717, 1.165) is 5.56 Å². The van der Waals surface area contributed by atoms with Gasteiger partial charge >= 0.3 is 0 Å². The Morgan fingerprint density at radius 3 is 2.41 bits per heavy atom. The van der Waals surface area contributed by atoms with E-state index >= 15 is 0 Å². The van der Waals surface area contributed by atoms with Gasteiger partial charge in [-0.1, -0.05) is 41.9 Å². The topological polar surface area (TPSA) is 71.1 Å². The maximum absolute atomic E-state index is 12.3. The third-order valence-electron chi connectivity index (χ3n) is 4.02. The summed E-state index contributed by atoms with van der Waals surface area (Å²) in [5.41, 5.74) is 2.55. The molecule has 6 heteroatoms. The number of carbonyl (C=O) groups is 2. The van der Waals surface area contributed by atoms with E-state index in [1.54, 1.807) is 24.3 Å². The number of benzene rings is 2. The fourth-order valence-electron chi connectivity index (χ4n) is 2.55. The Hall–Kier alpha value is -3.18. The highest BCUT2D eigenvalue weighted by Crippen LogP contribution is 2.19. The van der Waals surface area contributed by atoms with E-state index in [-0.39, 0.29) is 17.9 Å². The summed E-state index contributed by atoms with van der Waals surface area (Å²) in [6, 6.07) is 19.3. The van der Waals surface area contributed by atoms with E-state index in [2.05, 4.69) is 15.6 Å². The molecule has 1 atom stereocenters. The fraction of sp³-hybridized carbons (Fsp3) is 0.0952. The molecule has 0 saturated heterocycles. The number of anilines is 1. The minimum Gasteiger partial charge on any atom is -0.345 e. The molecular formula is C21H18ClN3O2. The van der Waals surface area contributed by atoms with Gasteiger partial charge < -0.3 is 10.6 Å². The van der Waals surface area contributed by atoms with Crippen LogP contribution in [0.15, 0.2) is 72.9 Å². The second kappa shape index (κ2) is 8.47. The van der Waals surface area contributed by atoms with Gasteiger partial charge in [-0.15, -0.1) is 0 Å². The highest BCUT2D eigenvalue weighted by atomic mass is 35.5. The van der Waals surface area contributed by atoms with Gasteiger partial charge in [0.1, 0.15) is 5.15 Å². The Bertz CT molecular complexity index is 943. The van der Waals surface area contributed by atoms with Crippen molar-refractivity contribution in [3.05, 3.63) is 94.8 Å². The molecule has 0 radical (unpaired) electrons. The molecule has 0 saturated carbocycles. The first-order chi connectivity index (χ1) is 13.0. The van der Waals surface area contributed by atoms with Gasteiger partial charge in [0.25, 0.3) is 11.8 Å². The summed E-state index contributed by atoms with van der Waals surface area (Å²) in [4.78, 5) is 28.5. The summed E-state index contributed by atoms with van der Waals surface area (Å²) >= 11 is 5.74. The predicted octanol–water partition coefficient (Wildman–Crippen LogP) is 4.48. The first-order valence-electron chi connectivity index (χ1n) is 8.42. The van der Waals surface area contributed by atoms with Gasteiger partial charge in [-0.25, -0.2) is 4.98 Å². The zero-order chi connectivity index (χ0) is 19.2. The predicted molar refractivity (Wildman–Crippen MR) is 106 cm³/mol. The van der Waals surface area contributed by atoms with Crippen LogP contribution in [0.1, 0.15) is 39.2 Å². The normalized spacial score (nSPS) is 11.5. The Kier molecular flexibility index (Phi) is 5.84. The average molecular weight is 380 g/mol. The summed E-state index contributed by atoms with van der Waals surface area (Å²) in [7, 11) is 0. The molecule has 0 spiro atoms. The lowest BCUT2D eigenvalue weighted by molar-refractivity contribution is 0.0938. The number of amides is 2. The second-order valence-corrected chi connectivity index (χ2v) is 6.40. The molecule has 3 aromatic rings. The van der Waals surface area contributed by atoms with Crippen LogP contribution >= 0.6 is 11.6 Å². The number of carbonyl (C=O) groups excluding carboxylic acids is 2. The van der Waals surface area contributed by atoms with E-state index < -0.39 is 0 Å². The number of hydrogen-bond donors (Lipinski definition) is 2. The van der Waals surface area contributed by atoms with Crippen molar-refractivity contribution < 1.29 is 9.59 Å². The van der Waals surface area contributed by atoms with Gasteiger partial charge in [-0.2, -0.15) is 0 Å². The molecule has 0 aliphatic heterocycles. The molecule has 1 heterocycles. The van der Waals surface area contributed by atoms with Crippen molar-refractivity contribution in [1.82, 2.24) is 10.3 Å². The maximum Gasteiger partial charge on any atom is 0.255 e. The average Bonchev–Trinajstić information content (AvgIpc) is 2.69. The standard InChI is InChI=1S/C21H18ClN3O2/c1-14(24-21(27)17-10-11-19(22)23-13-17)16-8-5-9-18(12-16)25-20(26)15-6-3-2-4-7-15/h2-14H,1H3,(H,24,27)(H,25,26). The maximum atomic E-state index is 12.3. The summed E-state index contributed by atoms with van der Waals surface area (Å²) in [6.45, 7) is 1.87. The van der Waals surface area contributed by atoms with Crippen LogP contribution in [0.3, 0.4) is 0 Å². The number of nitrogens with zero attached hydrogens (tertiary/aromatic N) is 1. The molecule has 3 rings (SSSR count). The highest BCUT2D eigenvalue weighted by molar-refractivity contribution is 6.29. The SMILES string of the molecule is CC(NC(=O)c1ccc(Cl)nc1)c1cccc(NC(=O)c2ccccc2)c1. The zero-order valence-electron chi connectivity index (χ0n) is 14.6. The number of halogens is 1. The Balaban J connectivity index is 1.68. The molecule has 136 valence electrons. The van der Waals surface area contributed by atoms with Crippen molar-refractivity contribution in [2.75, 3.05) is 5.32 Å². The molecule has 0 aliphatic carbocycles. The molecule has 0 fully saturated rings. The molecule has 2 N–H and O–H groups in total. The van der Waals surface area contributed by atoms with Gasteiger partial charge in [-0.05, 0) is 48.9 Å². The minimum absolute atomic E-state index is 0.184. The molecule has 1 unspecified atom stereocenters. The van der Waals surface area contributed by atoms with Crippen LogP contribution in [0.5, 0.6) is 0 Å². The van der Waals surface area contributed by atoms with Gasteiger partial charge in [0.2, 0.25) is 0 Å². The molecule has 5 nitrogen and oxygen atoms in total. The zero-order valence-corrected chi connectivity index (χ0v) is 15.4.